The Kier molecular flexibility index (Phi) is 4.10. The van der Waals surface area contributed by atoms with Crippen molar-refractivity contribution in [2.75, 3.05) is 17.7 Å². The van der Waals surface area contributed by atoms with Crippen molar-refractivity contribution in [1.82, 2.24) is 4.98 Å². The van der Waals surface area contributed by atoms with Gasteiger partial charge in [0, 0.05) is 23.1 Å². The molecular formula is C11H11Cl2N3S. The maximum atomic E-state index is 5.92. The smallest absolute Gasteiger partial charge is 0.183 e. The summed E-state index contributed by atoms with van der Waals surface area (Å²) in [6.07, 6.45) is 1.77. The molecule has 2 rings (SSSR count). The standard InChI is InChI=1S/C11H11Cl2N3S/c1-14-10-4-7(12)2-3-9(10)15-5-8-6-16-11(13)17-8/h2-4,6,14-15H,5H2,1H3. The second-order valence-corrected chi connectivity index (χ2v) is 5.51. The first-order valence-electron chi connectivity index (χ1n) is 5.00. The van der Waals surface area contributed by atoms with Crippen LogP contribution in [0.1, 0.15) is 4.88 Å². The molecule has 1 aromatic carbocycles. The highest BCUT2D eigenvalue weighted by Crippen LogP contribution is 2.26. The fourth-order valence-electron chi connectivity index (χ4n) is 1.43. The van der Waals surface area contributed by atoms with Crippen LogP contribution in [-0.4, -0.2) is 12.0 Å². The summed E-state index contributed by atoms with van der Waals surface area (Å²) in [7, 11) is 1.86. The number of hydrogen-bond donors (Lipinski definition) is 2. The monoisotopic (exact) mass is 287 g/mol. The van der Waals surface area contributed by atoms with Crippen molar-refractivity contribution in [3.8, 4) is 0 Å². The fourth-order valence-corrected chi connectivity index (χ4v) is 2.51. The summed E-state index contributed by atoms with van der Waals surface area (Å²) in [5.41, 5.74) is 1.97. The van der Waals surface area contributed by atoms with Gasteiger partial charge < -0.3 is 10.6 Å². The SMILES string of the molecule is CNc1cc(Cl)ccc1NCc1cnc(Cl)s1. The van der Waals surface area contributed by atoms with E-state index in [1.807, 2.05) is 25.2 Å². The average molecular weight is 288 g/mol. The van der Waals surface area contributed by atoms with Crippen LogP contribution in [-0.2, 0) is 6.54 Å². The zero-order chi connectivity index (χ0) is 12.3. The van der Waals surface area contributed by atoms with Gasteiger partial charge in [0.15, 0.2) is 4.47 Å². The van der Waals surface area contributed by atoms with E-state index >= 15 is 0 Å². The molecule has 0 saturated carbocycles. The molecule has 0 aliphatic heterocycles. The van der Waals surface area contributed by atoms with Gasteiger partial charge in [0.1, 0.15) is 0 Å². The maximum absolute atomic E-state index is 5.92. The Morgan fingerprint density at radius 2 is 2.12 bits per heavy atom. The van der Waals surface area contributed by atoms with Gasteiger partial charge in [-0.05, 0) is 18.2 Å². The molecule has 2 N–H and O–H groups in total. The predicted molar refractivity (Wildman–Crippen MR) is 75.4 cm³/mol. The number of rotatable bonds is 4. The number of halogens is 2. The van der Waals surface area contributed by atoms with E-state index in [0.29, 0.717) is 16.0 Å². The minimum Gasteiger partial charge on any atom is -0.386 e. The summed E-state index contributed by atoms with van der Waals surface area (Å²) in [6, 6.07) is 5.67. The third-order valence-electron chi connectivity index (χ3n) is 2.23. The van der Waals surface area contributed by atoms with Crippen molar-refractivity contribution >= 4 is 45.9 Å². The van der Waals surface area contributed by atoms with Gasteiger partial charge in [0.2, 0.25) is 0 Å². The Labute approximate surface area is 114 Å². The van der Waals surface area contributed by atoms with Crippen molar-refractivity contribution in [2.24, 2.45) is 0 Å². The molecular weight excluding hydrogens is 277 g/mol. The van der Waals surface area contributed by atoms with E-state index in [-0.39, 0.29) is 0 Å². The van der Waals surface area contributed by atoms with E-state index in [2.05, 4.69) is 15.6 Å². The summed E-state index contributed by atoms with van der Waals surface area (Å²) in [5.74, 6) is 0. The van der Waals surface area contributed by atoms with E-state index in [1.54, 1.807) is 6.20 Å². The zero-order valence-electron chi connectivity index (χ0n) is 9.13. The molecule has 0 saturated heterocycles. The fraction of sp³-hybridized carbons (Fsp3) is 0.182. The lowest BCUT2D eigenvalue weighted by Crippen LogP contribution is -2.01. The lowest BCUT2D eigenvalue weighted by Gasteiger charge is -2.11. The molecule has 0 aliphatic rings. The van der Waals surface area contributed by atoms with Gasteiger partial charge in [-0.15, -0.1) is 11.3 Å². The predicted octanol–water partition coefficient (Wildman–Crippen LogP) is 4.10. The summed E-state index contributed by atoms with van der Waals surface area (Å²) in [6.45, 7) is 0.695. The molecule has 0 radical (unpaired) electrons. The Morgan fingerprint density at radius 3 is 2.76 bits per heavy atom. The molecule has 3 nitrogen and oxygen atoms in total. The quantitative estimate of drug-likeness (QED) is 0.889. The average Bonchev–Trinajstić information content (AvgIpc) is 2.73. The van der Waals surface area contributed by atoms with Crippen LogP contribution in [0.2, 0.25) is 9.49 Å². The van der Waals surface area contributed by atoms with Crippen LogP contribution in [0.15, 0.2) is 24.4 Å². The van der Waals surface area contributed by atoms with Crippen LogP contribution in [0.3, 0.4) is 0 Å². The van der Waals surface area contributed by atoms with Crippen LogP contribution in [0.25, 0.3) is 0 Å². The van der Waals surface area contributed by atoms with Gasteiger partial charge in [-0.3, -0.25) is 0 Å². The molecule has 0 unspecified atom stereocenters. The second-order valence-electron chi connectivity index (χ2n) is 3.37. The van der Waals surface area contributed by atoms with Crippen LogP contribution in [0.5, 0.6) is 0 Å². The van der Waals surface area contributed by atoms with Crippen molar-refractivity contribution in [3.63, 3.8) is 0 Å². The molecule has 1 heterocycles. The number of nitrogens with zero attached hydrogens (tertiary/aromatic N) is 1. The molecule has 6 heteroatoms. The summed E-state index contributed by atoms with van der Waals surface area (Å²) < 4.78 is 0.562. The van der Waals surface area contributed by atoms with Crippen molar-refractivity contribution in [2.45, 2.75) is 6.54 Å². The van der Waals surface area contributed by atoms with Gasteiger partial charge in [-0.25, -0.2) is 4.98 Å². The highest BCUT2D eigenvalue weighted by molar-refractivity contribution is 7.15. The van der Waals surface area contributed by atoms with Crippen LogP contribution in [0, 0.1) is 0 Å². The molecule has 0 fully saturated rings. The maximum Gasteiger partial charge on any atom is 0.183 e. The third kappa shape index (κ3) is 3.25. The second kappa shape index (κ2) is 5.58. The molecule has 0 bridgehead atoms. The van der Waals surface area contributed by atoms with Crippen LogP contribution < -0.4 is 10.6 Å². The Bertz CT molecular complexity index is 513. The number of anilines is 2. The largest absolute Gasteiger partial charge is 0.386 e. The van der Waals surface area contributed by atoms with Crippen molar-refractivity contribution in [3.05, 3.63) is 38.8 Å². The number of nitrogens with one attached hydrogen (secondary N) is 2. The van der Waals surface area contributed by atoms with E-state index in [4.69, 9.17) is 23.2 Å². The van der Waals surface area contributed by atoms with Gasteiger partial charge in [-0.2, -0.15) is 0 Å². The molecule has 17 heavy (non-hydrogen) atoms. The van der Waals surface area contributed by atoms with E-state index in [1.165, 1.54) is 11.3 Å². The number of aromatic nitrogens is 1. The lowest BCUT2D eigenvalue weighted by atomic mass is 10.2. The molecule has 0 amide bonds. The van der Waals surface area contributed by atoms with Gasteiger partial charge in [-0.1, -0.05) is 23.2 Å². The van der Waals surface area contributed by atoms with E-state index in [0.717, 1.165) is 16.3 Å². The highest BCUT2D eigenvalue weighted by Gasteiger charge is 2.03. The number of thiazole rings is 1. The first-order valence-corrected chi connectivity index (χ1v) is 6.57. The first-order chi connectivity index (χ1) is 8.19. The van der Waals surface area contributed by atoms with Gasteiger partial charge in [0.05, 0.1) is 17.9 Å². The molecule has 1 aromatic heterocycles. The summed E-state index contributed by atoms with van der Waals surface area (Å²) in [4.78, 5) is 5.08. The molecule has 90 valence electrons. The molecule has 0 aliphatic carbocycles. The Hall–Kier alpha value is -0.970. The third-order valence-corrected chi connectivity index (χ3v) is 3.58. The topological polar surface area (TPSA) is 37.0 Å². The molecule has 0 spiro atoms. The van der Waals surface area contributed by atoms with Crippen molar-refractivity contribution in [1.29, 1.82) is 0 Å². The van der Waals surface area contributed by atoms with E-state index in [9.17, 15) is 0 Å². The van der Waals surface area contributed by atoms with Crippen LogP contribution in [0.4, 0.5) is 11.4 Å². The van der Waals surface area contributed by atoms with Crippen LogP contribution >= 0.6 is 34.5 Å². The highest BCUT2D eigenvalue weighted by atomic mass is 35.5. The zero-order valence-corrected chi connectivity index (χ0v) is 11.5. The minimum atomic E-state index is 0.562. The Balaban J connectivity index is 2.08. The summed E-state index contributed by atoms with van der Waals surface area (Å²) >= 11 is 13.2. The first kappa shape index (κ1) is 12.5. The van der Waals surface area contributed by atoms with Crippen molar-refractivity contribution < 1.29 is 0 Å². The normalized spacial score (nSPS) is 10.3. The lowest BCUT2D eigenvalue weighted by molar-refractivity contribution is 1.17. The van der Waals surface area contributed by atoms with E-state index < -0.39 is 0 Å². The number of benzene rings is 1. The Morgan fingerprint density at radius 1 is 1.29 bits per heavy atom. The van der Waals surface area contributed by atoms with Gasteiger partial charge in [0.25, 0.3) is 0 Å². The molecule has 0 atom stereocenters. The number of hydrogen-bond acceptors (Lipinski definition) is 4. The summed E-state index contributed by atoms with van der Waals surface area (Å²) in [5, 5.41) is 7.11. The molecule has 2 aromatic rings. The minimum absolute atomic E-state index is 0.562. The van der Waals surface area contributed by atoms with Gasteiger partial charge >= 0.3 is 0 Å².